The molecule has 1 atom stereocenters. The van der Waals surface area contributed by atoms with Gasteiger partial charge < -0.3 is 20.4 Å². The van der Waals surface area contributed by atoms with Crippen LogP contribution < -0.4 is 20.9 Å². The van der Waals surface area contributed by atoms with Crippen molar-refractivity contribution in [3.63, 3.8) is 0 Å². The molecule has 3 amide bonds. The number of nitrogens with one attached hydrogen (secondary N) is 3. The highest BCUT2D eigenvalue weighted by Crippen LogP contribution is 2.36. The summed E-state index contributed by atoms with van der Waals surface area (Å²) in [5.74, 6) is -0.499. The van der Waals surface area contributed by atoms with E-state index in [9.17, 15) is 14.4 Å². The van der Waals surface area contributed by atoms with Gasteiger partial charge >= 0.3 is 0 Å². The van der Waals surface area contributed by atoms with Crippen LogP contribution in [-0.2, 0) is 22.7 Å². The van der Waals surface area contributed by atoms with Gasteiger partial charge in [0.2, 0.25) is 23.7 Å². The summed E-state index contributed by atoms with van der Waals surface area (Å²) in [7, 11) is 0. The molecule has 4 fully saturated rings. The van der Waals surface area contributed by atoms with Crippen molar-refractivity contribution in [3.8, 4) is 0 Å². The summed E-state index contributed by atoms with van der Waals surface area (Å²) in [6.45, 7) is 6.46. The second kappa shape index (κ2) is 16.3. The van der Waals surface area contributed by atoms with Crippen LogP contribution in [0.15, 0.2) is 72.9 Å². The Balaban J connectivity index is 0.715. The number of anilines is 5. The van der Waals surface area contributed by atoms with Crippen LogP contribution in [0, 0.1) is 5.82 Å². The number of carbonyl (C=O) groups is 3. The van der Waals surface area contributed by atoms with Gasteiger partial charge in [0.15, 0.2) is 5.65 Å². The third-order valence-corrected chi connectivity index (χ3v) is 13.1. The summed E-state index contributed by atoms with van der Waals surface area (Å²) in [6, 6.07) is 22.2. The number of piperidine rings is 2. The second-order valence-electron chi connectivity index (χ2n) is 16.9. The maximum absolute atomic E-state index is 15.3. The van der Waals surface area contributed by atoms with E-state index >= 15 is 4.39 Å². The molecular formula is C45H50FN11O3. The van der Waals surface area contributed by atoms with Crippen LogP contribution in [-0.4, -0.2) is 103 Å². The van der Waals surface area contributed by atoms with Gasteiger partial charge in [0.1, 0.15) is 17.4 Å². The van der Waals surface area contributed by atoms with Gasteiger partial charge in [-0.1, -0.05) is 37.1 Å². The zero-order chi connectivity index (χ0) is 40.7. The maximum Gasteiger partial charge on any atom is 0.258 e. The summed E-state index contributed by atoms with van der Waals surface area (Å²) in [5.41, 5.74) is 6.24. The largest absolute Gasteiger partial charge is 0.371 e. The third-order valence-electron chi connectivity index (χ3n) is 13.1. The van der Waals surface area contributed by atoms with Gasteiger partial charge in [-0.15, -0.1) is 0 Å². The fourth-order valence-electron chi connectivity index (χ4n) is 9.93. The molecule has 0 bridgehead atoms. The van der Waals surface area contributed by atoms with Crippen molar-refractivity contribution in [1.82, 2.24) is 39.5 Å². The number of fused-ring (bicyclic) bond motifs is 2. The van der Waals surface area contributed by atoms with E-state index in [-0.39, 0.29) is 30.9 Å². The van der Waals surface area contributed by atoms with Crippen LogP contribution in [0.5, 0.6) is 0 Å². The minimum Gasteiger partial charge on any atom is -0.371 e. The summed E-state index contributed by atoms with van der Waals surface area (Å²) in [6.07, 6.45) is 9.06. The molecule has 4 aliphatic heterocycles. The van der Waals surface area contributed by atoms with E-state index in [1.807, 2.05) is 42.6 Å². The average Bonchev–Trinajstić information content (AvgIpc) is 4.00. The van der Waals surface area contributed by atoms with Gasteiger partial charge in [-0.2, -0.15) is 4.98 Å². The SMILES string of the molecule is O=C1CCC(N2Cc3cc(CN4CCN(C5CCN(c6ccc(Nc7ncc8nc(Nc9ccccc9)n(C9CCCC9)c8n7)cc6)CC5)CC4)cc(F)c3C2=O)C(=O)N1. The Morgan fingerprint density at radius 1 is 0.783 bits per heavy atom. The van der Waals surface area contributed by atoms with Crippen LogP contribution in [0.25, 0.3) is 11.2 Å². The van der Waals surface area contributed by atoms with Crippen molar-refractivity contribution in [1.29, 1.82) is 0 Å². The molecule has 3 aromatic carbocycles. The Morgan fingerprint density at radius 2 is 1.53 bits per heavy atom. The number of hydrogen-bond acceptors (Lipinski definition) is 11. The lowest BCUT2D eigenvalue weighted by atomic mass is 10.0. The Bertz CT molecular complexity index is 2400. The second-order valence-corrected chi connectivity index (χ2v) is 16.9. The molecule has 2 aromatic heterocycles. The molecule has 0 radical (unpaired) electrons. The predicted molar refractivity (Wildman–Crippen MR) is 227 cm³/mol. The van der Waals surface area contributed by atoms with Crippen LogP contribution >= 0.6 is 0 Å². The summed E-state index contributed by atoms with van der Waals surface area (Å²) in [4.78, 5) is 60.5. The quantitative estimate of drug-likeness (QED) is 0.141. The monoisotopic (exact) mass is 811 g/mol. The number of halogens is 1. The lowest BCUT2D eigenvalue weighted by molar-refractivity contribution is -0.136. The fraction of sp³-hybridized carbons (Fsp3) is 0.422. The number of hydrogen-bond donors (Lipinski definition) is 3. The zero-order valence-corrected chi connectivity index (χ0v) is 33.7. The summed E-state index contributed by atoms with van der Waals surface area (Å²) < 4.78 is 17.6. The number of carbonyl (C=O) groups excluding carboxylic acids is 3. The molecule has 15 heteroatoms. The van der Waals surface area contributed by atoms with Crippen LogP contribution in [0.3, 0.4) is 0 Å². The molecule has 14 nitrogen and oxygen atoms in total. The first-order valence-corrected chi connectivity index (χ1v) is 21.4. The highest BCUT2D eigenvalue weighted by Gasteiger charge is 2.41. The fourth-order valence-corrected chi connectivity index (χ4v) is 9.93. The number of imide groups is 1. The molecule has 10 rings (SSSR count). The number of aromatic nitrogens is 4. The molecule has 5 aromatic rings. The first-order chi connectivity index (χ1) is 29.3. The molecule has 3 saturated heterocycles. The maximum atomic E-state index is 15.3. The highest BCUT2D eigenvalue weighted by molar-refractivity contribution is 6.05. The van der Waals surface area contributed by atoms with Crippen molar-refractivity contribution in [3.05, 3.63) is 95.4 Å². The Kier molecular flexibility index (Phi) is 10.4. The van der Waals surface area contributed by atoms with Crippen LogP contribution in [0.4, 0.5) is 33.3 Å². The smallest absolute Gasteiger partial charge is 0.258 e. The van der Waals surface area contributed by atoms with Crippen molar-refractivity contribution in [2.45, 2.75) is 82.6 Å². The third kappa shape index (κ3) is 7.67. The number of piperazine rings is 1. The normalized spacial score (nSPS) is 20.9. The standard InChI is InChI=1S/C45H50FN11O3/c46-36-25-29(24-30-28-56(43(60)40(30)36)38-14-15-39(58)51-42(38)59)27-53-20-22-55(23-21-53)34-16-18-54(19-17-34)33-12-10-32(11-13-33)48-44-47-26-37-41(52-44)57(35-8-4-5-9-35)45(50-37)49-31-6-2-1-3-7-31/h1-3,6-7,10-13,24-26,34-35,38H,4-5,8-9,14-23,27-28H2,(H,49,50)(H,47,48,52)(H,51,58,59). The van der Waals surface area contributed by atoms with Gasteiger partial charge in [0.05, 0.1) is 11.8 Å². The minimum atomic E-state index is -0.757. The molecule has 6 heterocycles. The summed E-state index contributed by atoms with van der Waals surface area (Å²) in [5, 5.41) is 9.26. The van der Waals surface area contributed by atoms with Gasteiger partial charge in [-0.05, 0) is 85.7 Å². The van der Waals surface area contributed by atoms with E-state index in [1.165, 1.54) is 29.5 Å². The van der Waals surface area contributed by atoms with E-state index in [2.05, 4.69) is 64.5 Å². The predicted octanol–water partition coefficient (Wildman–Crippen LogP) is 6.12. The van der Waals surface area contributed by atoms with Crippen molar-refractivity contribution in [2.75, 3.05) is 54.8 Å². The first kappa shape index (κ1) is 38.3. The molecule has 5 aliphatic rings. The molecular weight excluding hydrogens is 762 g/mol. The van der Waals surface area contributed by atoms with E-state index < -0.39 is 23.7 Å². The molecule has 1 saturated carbocycles. The van der Waals surface area contributed by atoms with Gasteiger partial charge in [-0.3, -0.25) is 34.1 Å². The number of imidazole rings is 1. The minimum absolute atomic E-state index is 0.0462. The molecule has 0 spiro atoms. The van der Waals surface area contributed by atoms with Crippen molar-refractivity contribution >= 4 is 57.8 Å². The van der Waals surface area contributed by atoms with E-state index in [4.69, 9.17) is 9.97 Å². The lowest BCUT2D eigenvalue weighted by Crippen LogP contribution is -2.53. The van der Waals surface area contributed by atoms with Crippen LogP contribution in [0.2, 0.25) is 0 Å². The topological polar surface area (TPSA) is 144 Å². The number of rotatable bonds is 10. The molecule has 1 unspecified atom stereocenters. The Morgan fingerprint density at radius 3 is 2.28 bits per heavy atom. The zero-order valence-electron chi connectivity index (χ0n) is 33.7. The molecule has 60 heavy (non-hydrogen) atoms. The molecule has 310 valence electrons. The highest BCUT2D eigenvalue weighted by atomic mass is 19.1. The van der Waals surface area contributed by atoms with Crippen molar-refractivity contribution in [2.24, 2.45) is 0 Å². The number of amides is 3. The van der Waals surface area contributed by atoms with E-state index in [0.29, 0.717) is 30.1 Å². The number of para-hydroxylation sites is 1. The number of benzene rings is 3. The first-order valence-electron chi connectivity index (χ1n) is 21.4. The summed E-state index contributed by atoms with van der Waals surface area (Å²) >= 11 is 0. The lowest BCUT2D eigenvalue weighted by Gasteiger charge is -2.43. The van der Waals surface area contributed by atoms with Crippen molar-refractivity contribution < 1.29 is 18.8 Å². The van der Waals surface area contributed by atoms with E-state index in [0.717, 1.165) is 99.0 Å². The van der Waals surface area contributed by atoms with Gasteiger partial charge in [-0.25, -0.2) is 14.4 Å². The molecule has 3 N–H and O–H groups in total. The Hall–Kier alpha value is -5.93. The van der Waals surface area contributed by atoms with E-state index in [1.54, 1.807) is 0 Å². The molecule has 1 aliphatic carbocycles. The van der Waals surface area contributed by atoms with Crippen LogP contribution in [0.1, 0.15) is 78.9 Å². The number of nitrogens with zero attached hydrogens (tertiary/aromatic N) is 8. The average molecular weight is 812 g/mol. The van der Waals surface area contributed by atoms with Gasteiger partial charge in [0, 0.05) is 87.9 Å². The van der Waals surface area contributed by atoms with Gasteiger partial charge in [0.25, 0.3) is 5.91 Å². The Labute approximate surface area is 348 Å².